The molecule has 0 aliphatic carbocycles. The Kier molecular flexibility index (Phi) is 6.49. The van der Waals surface area contributed by atoms with Gasteiger partial charge in [0.25, 0.3) is 5.91 Å². The van der Waals surface area contributed by atoms with Crippen molar-refractivity contribution in [1.29, 1.82) is 0 Å². The van der Waals surface area contributed by atoms with Crippen molar-refractivity contribution in [2.24, 2.45) is 4.99 Å². The maximum atomic E-state index is 13.4. The van der Waals surface area contributed by atoms with Gasteiger partial charge in [-0.15, -0.1) is 0 Å². The van der Waals surface area contributed by atoms with Crippen molar-refractivity contribution in [3.05, 3.63) is 64.2 Å². The summed E-state index contributed by atoms with van der Waals surface area (Å²) in [6.45, 7) is 1.23. The third-order valence-electron chi connectivity index (χ3n) is 5.90. The van der Waals surface area contributed by atoms with Gasteiger partial charge < -0.3 is 19.8 Å². The molecule has 0 unspecified atom stereocenters. The number of carbonyl (C=O) groups excluding carboxylic acids is 1. The zero-order valence-electron chi connectivity index (χ0n) is 18.8. The number of hydrogen-bond acceptors (Lipinski definition) is 7. The maximum Gasteiger partial charge on any atom is 0.416 e. The van der Waals surface area contributed by atoms with E-state index < -0.39 is 17.5 Å². The highest BCUT2D eigenvalue weighted by Crippen LogP contribution is 2.35. The van der Waals surface area contributed by atoms with E-state index in [4.69, 9.17) is 4.74 Å². The van der Waals surface area contributed by atoms with E-state index in [0.29, 0.717) is 46.7 Å². The van der Waals surface area contributed by atoms with Crippen LogP contribution in [0, 0.1) is 0 Å². The number of aliphatic hydroxyl groups is 1. The number of benzene rings is 2. The number of alkyl halides is 3. The molecule has 2 aliphatic heterocycles. The van der Waals surface area contributed by atoms with Crippen LogP contribution < -0.4 is 0 Å². The second kappa shape index (κ2) is 9.60. The molecule has 5 rings (SSSR count). The molecule has 0 radical (unpaired) electrons. The number of aromatic hydroxyl groups is 1. The van der Waals surface area contributed by atoms with Gasteiger partial charge in [0.2, 0.25) is 0 Å². The first-order chi connectivity index (χ1) is 17.2. The number of aliphatic imine (C=N–C) groups is 1. The fraction of sp³-hybridized carbons (Fsp3) is 0.292. The lowest BCUT2D eigenvalue weighted by Crippen LogP contribution is -2.45. The summed E-state index contributed by atoms with van der Waals surface area (Å²) in [5, 5.41) is 24.3. The quantitative estimate of drug-likeness (QED) is 0.510. The number of aliphatic hydroxyl groups excluding tert-OH is 1. The summed E-state index contributed by atoms with van der Waals surface area (Å²) in [7, 11) is 0. The Morgan fingerprint density at radius 3 is 2.83 bits per heavy atom. The summed E-state index contributed by atoms with van der Waals surface area (Å²) in [5.74, 6) is -0.813. The van der Waals surface area contributed by atoms with Gasteiger partial charge in [0.1, 0.15) is 5.75 Å². The average Bonchev–Trinajstić information content (AvgIpc) is 3.42. The van der Waals surface area contributed by atoms with Crippen molar-refractivity contribution in [3.8, 4) is 5.75 Å². The maximum absolute atomic E-state index is 13.4. The van der Waals surface area contributed by atoms with E-state index in [2.05, 4.69) is 10.1 Å². The molecule has 0 saturated carbocycles. The zero-order chi connectivity index (χ0) is 25.4. The van der Waals surface area contributed by atoms with Crippen molar-refractivity contribution in [1.82, 2.24) is 14.7 Å². The van der Waals surface area contributed by atoms with E-state index in [-0.39, 0.29) is 30.7 Å². The molecule has 0 bridgehead atoms. The van der Waals surface area contributed by atoms with Gasteiger partial charge in [-0.25, -0.2) is 0 Å². The van der Waals surface area contributed by atoms with Crippen LogP contribution in [-0.4, -0.2) is 68.4 Å². The number of carbonyl (C=O) groups is 1. The molecule has 188 valence electrons. The third kappa shape index (κ3) is 4.97. The van der Waals surface area contributed by atoms with Gasteiger partial charge in [0, 0.05) is 18.5 Å². The molecule has 2 N–H and O–H groups in total. The van der Waals surface area contributed by atoms with Crippen LogP contribution in [0.1, 0.15) is 16.7 Å². The Morgan fingerprint density at radius 2 is 2.06 bits per heavy atom. The highest BCUT2D eigenvalue weighted by atomic mass is 32.2. The van der Waals surface area contributed by atoms with E-state index >= 15 is 0 Å². The lowest BCUT2D eigenvalue weighted by molar-refractivity contribution is -0.138. The van der Waals surface area contributed by atoms with E-state index in [1.165, 1.54) is 28.6 Å². The summed E-state index contributed by atoms with van der Waals surface area (Å²) in [6.07, 6.45) is -1.66. The van der Waals surface area contributed by atoms with Crippen molar-refractivity contribution in [3.63, 3.8) is 0 Å². The number of aromatic nitrogens is 2. The van der Waals surface area contributed by atoms with Crippen LogP contribution in [0.5, 0.6) is 5.75 Å². The molecular formula is C24H21F3N4O4S. The van der Waals surface area contributed by atoms with Gasteiger partial charge in [-0.05, 0) is 53.2 Å². The summed E-state index contributed by atoms with van der Waals surface area (Å²) in [6, 6.07) is 8.46. The van der Waals surface area contributed by atoms with E-state index in [1.807, 2.05) is 4.90 Å². The molecule has 1 aromatic heterocycles. The van der Waals surface area contributed by atoms with Crippen LogP contribution in [0.4, 0.5) is 13.2 Å². The van der Waals surface area contributed by atoms with Crippen LogP contribution >= 0.6 is 11.8 Å². The molecule has 1 atom stereocenters. The monoisotopic (exact) mass is 518 g/mol. The summed E-state index contributed by atoms with van der Waals surface area (Å²) < 4.78 is 47.2. The molecule has 8 nitrogen and oxygen atoms in total. The second-order valence-electron chi connectivity index (χ2n) is 8.39. The molecule has 2 aliphatic rings. The van der Waals surface area contributed by atoms with Crippen molar-refractivity contribution in [2.45, 2.75) is 18.8 Å². The van der Waals surface area contributed by atoms with Crippen molar-refractivity contribution in [2.75, 3.05) is 26.3 Å². The molecule has 3 heterocycles. The largest absolute Gasteiger partial charge is 0.508 e. The second-order valence-corrected chi connectivity index (χ2v) is 9.40. The number of fused-ring (bicyclic) bond motifs is 1. The number of thioether (sulfide) groups is 1. The smallest absolute Gasteiger partial charge is 0.416 e. The number of rotatable bonds is 4. The van der Waals surface area contributed by atoms with Gasteiger partial charge >= 0.3 is 6.18 Å². The first-order valence-corrected chi connectivity index (χ1v) is 11.9. The highest BCUT2D eigenvalue weighted by molar-refractivity contribution is 8.18. The minimum Gasteiger partial charge on any atom is -0.508 e. The lowest BCUT2D eigenvalue weighted by Gasteiger charge is -2.32. The molecule has 3 aromatic rings. The number of hydrogen-bond donors (Lipinski definition) is 2. The third-order valence-corrected chi connectivity index (χ3v) is 6.95. The summed E-state index contributed by atoms with van der Waals surface area (Å²) in [4.78, 5) is 19.0. The van der Waals surface area contributed by atoms with Crippen molar-refractivity contribution < 1.29 is 32.9 Å². The van der Waals surface area contributed by atoms with Gasteiger partial charge in [0.15, 0.2) is 5.17 Å². The zero-order valence-corrected chi connectivity index (χ0v) is 19.6. The number of amidine groups is 1. The number of ether oxygens (including phenoxy) is 1. The van der Waals surface area contributed by atoms with Crippen molar-refractivity contribution >= 4 is 39.8 Å². The molecular weight excluding hydrogens is 497 g/mol. The predicted octanol–water partition coefficient (Wildman–Crippen LogP) is 3.47. The van der Waals surface area contributed by atoms with Gasteiger partial charge in [-0.1, -0.05) is 12.1 Å². The molecule has 1 amide bonds. The van der Waals surface area contributed by atoms with Gasteiger partial charge in [-0.3, -0.25) is 9.48 Å². The molecule has 12 heteroatoms. The molecule has 0 spiro atoms. The number of phenols is 1. The Labute approximate surface area is 207 Å². The van der Waals surface area contributed by atoms with E-state index in [1.54, 1.807) is 30.5 Å². The first-order valence-electron chi connectivity index (χ1n) is 11.1. The minimum atomic E-state index is -4.61. The molecule has 36 heavy (non-hydrogen) atoms. The number of phenolic OH excluding ortho intramolecular Hbond substituents is 1. The normalized spacial score (nSPS) is 19.9. The fourth-order valence-corrected chi connectivity index (χ4v) is 5.09. The first kappa shape index (κ1) is 24.3. The van der Waals surface area contributed by atoms with Gasteiger partial charge in [-0.2, -0.15) is 23.3 Å². The summed E-state index contributed by atoms with van der Waals surface area (Å²) >= 11 is 1.25. The minimum absolute atomic E-state index is 0.0133. The van der Waals surface area contributed by atoms with Crippen LogP contribution in [0.3, 0.4) is 0 Å². The Hall–Kier alpha value is -3.35. The van der Waals surface area contributed by atoms with E-state index in [0.717, 1.165) is 5.56 Å². The molecule has 1 saturated heterocycles. The number of morpholine rings is 1. The Bertz CT molecular complexity index is 1390. The van der Waals surface area contributed by atoms with E-state index in [9.17, 15) is 28.2 Å². The predicted molar refractivity (Wildman–Crippen MR) is 128 cm³/mol. The standard InChI is InChI=1S/C24H21F3N4O4S/c25-24(26,27)19-9-17(33)3-2-15(19)11-31-20-4-1-14(7-16(20)10-28-31)8-21-22(34)29-23(36-21)30-5-6-35-18(12-30)13-32/h1-4,7-10,18,32-33H,5-6,11-13H2/t18-/m1/s1. The number of nitrogens with zero attached hydrogens (tertiary/aromatic N) is 4. The Morgan fingerprint density at radius 1 is 1.22 bits per heavy atom. The van der Waals surface area contributed by atoms with Crippen LogP contribution in [0.2, 0.25) is 0 Å². The lowest BCUT2D eigenvalue weighted by atomic mass is 10.1. The van der Waals surface area contributed by atoms with Gasteiger partial charge in [0.05, 0.1) is 48.0 Å². The topological polar surface area (TPSA) is 100 Å². The summed E-state index contributed by atoms with van der Waals surface area (Å²) in [5.41, 5.74) is 0.431. The fourth-order valence-electron chi connectivity index (χ4n) is 4.14. The number of halogens is 3. The highest BCUT2D eigenvalue weighted by Gasteiger charge is 2.34. The van der Waals surface area contributed by atoms with Crippen LogP contribution in [0.25, 0.3) is 17.0 Å². The average molecular weight is 519 g/mol. The van der Waals surface area contributed by atoms with Crippen LogP contribution in [0.15, 0.2) is 52.5 Å². The molecule has 1 fully saturated rings. The van der Waals surface area contributed by atoms with Crippen LogP contribution in [-0.2, 0) is 22.3 Å². The molecule has 2 aromatic carbocycles. The SMILES string of the molecule is O=C1N=C(N2CCO[C@@H](CO)C2)SC1=Cc1ccc2c(cnn2Cc2ccc(O)cc2C(F)(F)F)c1. The number of amides is 1. The Balaban J connectivity index is 1.35.